The van der Waals surface area contributed by atoms with Crippen LogP contribution in [-0.2, 0) is 28.6 Å². The monoisotopic (exact) mass is 765 g/mol. The summed E-state index contributed by atoms with van der Waals surface area (Å²) in [6, 6.07) is 37.9. The lowest BCUT2D eigenvalue weighted by Crippen LogP contribution is -2.34. The largest absolute Gasteiger partial charge is 0.458 e. The van der Waals surface area contributed by atoms with Crippen LogP contribution in [0.2, 0.25) is 0 Å². The van der Waals surface area contributed by atoms with Gasteiger partial charge < -0.3 is 13.9 Å². The Balaban J connectivity index is 1.12. The molecular formula is C53H54N4O. The highest BCUT2D eigenvalue weighted by Crippen LogP contribution is 2.49. The van der Waals surface area contributed by atoms with Gasteiger partial charge in [0, 0.05) is 23.0 Å². The third kappa shape index (κ3) is 5.80. The van der Waals surface area contributed by atoms with E-state index >= 15 is 0 Å². The summed E-state index contributed by atoms with van der Waals surface area (Å²) in [5.41, 5.74) is 12.6. The van der Waals surface area contributed by atoms with Crippen LogP contribution in [0.4, 0.5) is 0 Å². The van der Waals surface area contributed by atoms with Crippen molar-refractivity contribution in [3.8, 4) is 34.1 Å². The maximum Gasteiger partial charge on any atom is 0.244 e. The van der Waals surface area contributed by atoms with Crippen molar-refractivity contribution in [1.29, 1.82) is 0 Å². The van der Waals surface area contributed by atoms with E-state index in [1.54, 1.807) is 10.6 Å². The normalized spacial score (nSPS) is 18.7. The lowest BCUT2D eigenvalue weighted by molar-refractivity contribution is -0.649. The number of fused-ring (bicyclic) bond motifs is 6. The van der Waals surface area contributed by atoms with Crippen molar-refractivity contribution in [1.82, 2.24) is 14.1 Å². The Labute approximate surface area is 347 Å². The predicted octanol–water partition coefficient (Wildman–Crippen LogP) is 12.9. The summed E-state index contributed by atoms with van der Waals surface area (Å²) in [6.07, 6.45) is 9.81. The van der Waals surface area contributed by atoms with Crippen LogP contribution in [0, 0.1) is 6.33 Å². The van der Waals surface area contributed by atoms with Crippen molar-refractivity contribution in [2.24, 2.45) is 6.98 Å². The Morgan fingerprint density at radius 1 is 0.586 bits per heavy atom. The Kier molecular flexibility index (Phi) is 7.27. The maximum absolute atomic E-state index is 8.13. The van der Waals surface area contributed by atoms with E-state index in [9.17, 15) is 0 Å². The molecule has 8 aromatic rings. The first-order chi connectivity index (χ1) is 28.8. The molecule has 5 aromatic carbocycles. The maximum atomic E-state index is 8.13. The van der Waals surface area contributed by atoms with Crippen LogP contribution in [-0.4, -0.2) is 14.1 Å². The first-order valence-corrected chi connectivity index (χ1v) is 20.8. The number of aromatic nitrogens is 4. The summed E-state index contributed by atoms with van der Waals surface area (Å²) in [4.78, 5) is 5.23. The molecule has 0 fully saturated rings. The van der Waals surface area contributed by atoms with Gasteiger partial charge in [-0.25, -0.2) is 4.98 Å². The molecule has 0 bridgehead atoms. The average molecular weight is 766 g/mol. The lowest BCUT2D eigenvalue weighted by Gasteiger charge is -2.42. The zero-order valence-corrected chi connectivity index (χ0v) is 35.0. The fourth-order valence-corrected chi connectivity index (χ4v) is 9.89. The van der Waals surface area contributed by atoms with Crippen LogP contribution >= 0.6 is 0 Å². The van der Waals surface area contributed by atoms with Gasteiger partial charge in [0.1, 0.15) is 17.3 Å². The third-order valence-electron chi connectivity index (χ3n) is 13.8. The van der Waals surface area contributed by atoms with Crippen LogP contribution in [0.15, 0.2) is 115 Å². The molecule has 5 heteroatoms. The molecule has 0 amide bonds. The summed E-state index contributed by atoms with van der Waals surface area (Å²) in [5.74, 6) is 2.21. The van der Waals surface area contributed by atoms with E-state index in [0.29, 0.717) is 17.0 Å². The molecule has 2 aliphatic rings. The summed E-state index contributed by atoms with van der Waals surface area (Å²) in [5, 5.41) is 2.29. The molecule has 3 heterocycles. The third-order valence-corrected chi connectivity index (χ3v) is 13.8. The second-order valence-electron chi connectivity index (χ2n) is 19.5. The zero-order valence-electron chi connectivity index (χ0n) is 38.0. The number of imidazole rings is 1. The Morgan fingerprint density at radius 3 is 2.03 bits per heavy atom. The number of pyridine rings is 1. The van der Waals surface area contributed by atoms with Crippen LogP contribution < -0.4 is 9.30 Å². The molecule has 0 radical (unpaired) electrons. The Hall–Kier alpha value is -5.68. The first kappa shape index (κ1) is 33.3. The summed E-state index contributed by atoms with van der Waals surface area (Å²) < 4.78 is 36.4. The van der Waals surface area contributed by atoms with Crippen LogP contribution in [0.25, 0.3) is 55.5 Å². The van der Waals surface area contributed by atoms with Crippen molar-refractivity contribution in [2.75, 3.05) is 0 Å². The van der Waals surface area contributed by atoms with Gasteiger partial charge in [-0.1, -0.05) is 116 Å². The van der Waals surface area contributed by atoms with Crippen molar-refractivity contribution in [3.63, 3.8) is 0 Å². The molecular weight excluding hydrogens is 709 g/mol. The van der Waals surface area contributed by atoms with E-state index in [4.69, 9.17) is 13.8 Å². The van der Waals surface area contributed by atoms with Crippen LogP contribution in [0.3, 0.4) is 0 Å². The molecule has 0 saturated heterocycles. The van der Waals surface area contributed by atoms with Gasteiger partial charge >= 0.3 is 0 Å². The van der Waals surface area contributed by atoms with Gasteiger partial charge in [0.2, 0.25) is 6.33 Å². The number of hydrogen-bond acceptors (Lipinski definition) is 2. The number of benzene rings is 5. The highest BCUT2D eigenvalue weighted by molar-refractivity contribution is 6.10. The average Bonchev–Trinajstić information content (AvgIpc) is 3.78. The minimum Gasteiger partial charge on any atom is -0.458 e. The smallest absolute Gasteiger partial charge is 0.244 e. The highest BCUT2D eigenvalue weighted by Gasteiger charge is 2.39. The molecule has 0 aliphatic heterocycles. The van der Waals surface area contributed by atoms with Crippen LogP contribution in [0.1, 0.15) is 107 Å². The van der Waals surface area contributed by atoms with E-state index in [1.807, 2.05) is 48.5 Å². The van der Waals surface area contributed by atoms with Crippen LogP contribution in [0.5, 0.6) is 11.5 Å². The zero-order chi connectivity index (χ0) is 42.9. The fraction of sp³-hybridized carbons (Fsp3) is 0.321. The lowest BCUT2D eigenvalue weighted by atomic mass is 9.63. The molecule has 0 saturated carbocycles. The van der Waals surface area contributed by atoms with Gasteiger partial charge in [-0.3, -0.25) is 4.57 Å². The molecule has 0 unspecified atom stereocenters. The number of para-hydroxylation sites is 2. The van der Waals surface area contributed by atoms with E-state index in [2.05, 4.69) is 127 Å². The topological polar surface area (TPSA) is 35.9 Å². The second kappa shape index (κ2) is 12.7. The quantitative estimate of drug-likeness (QED) is 0.129. The van der Waals surface area contributed by atoms with Crippen molar-refractivity contribution in [2.45, 2.75) is 103 Å². The molecule has 0 spiro atoms. The van der Waals surface area contributed by atoms with E-state index in [-0.39, 0.29) is 21.7 Å². The standard InChI is InChI=1S/C53H54N4O/c1-50(2)23-24-51(3,4)42-28-35(17-21-41(42)50)34-18-22-45-40(27-34)39-20-19-38(58-37-14-12-13-36(29-37)56-33-55(9)46-15-10-11-16-47(46)56)30-48(39)57(45)49-31-43-44(32-54-49)53(7,8)26-25-52(43,5)6/h10-22,27-32H,23-26H2,1-9H3/i9D3. The molecule has 58 heavy (non-hydrogen) atoms. The van der Waals surface area contributed by atoms with Gasteiger partial charge in [0.25, 0.3) is 0 Å². The molecule has 10 rings (SSSR count). The Bertz CT molecular complexity index is 3070. The summed E-state index contributed by atoms with van der Waals surface area (Å²) >= 11 is 0. The summed E-state index contributed by atoms with van der Waals surface area (Å²) in [7, 11) is 0. The number of ether oxygens (including phenoxy) is 1. The van der Waals surface area contributed by atoms with Gasteiger partial charge in [0.15, 0.2) is 0 Å². The minimum atomic E-state index is -2.37. The number of rotatable bonds is 5. The second-order valence-corrected chi connectivity index (χ2v) is 19.5. The minimum absolute atomic E-state index is 0.0216. The van der Waals surface area contributed by atoms with E-state index in [0.717, 1.165) is 51.7 Å². The molecule has 3 aromatic heterocycles. The highest BCUT2D eigenvalue weighted by atomic mass is 16.5. The summed E-state index contributed by atoms with van der Waals surface area (Å²) in [6.45, 7) is 16.6. The van der Waals surface area contributed by atoms with Gasteiger partial charge in [-0.15, -0.1) is 0 Å². The predicted molar refractivity (Wildman–Crippen MR) is 238 cm³/mol. The van der Waals surface area contributed by atoms with Crippen molar-refractivity contribution >= 4 is 32.8 Å². The molecule has 5 nitrogen and oxygen atoms in total. The number of nitrogens with zero attached hydrogens (tertiary/aromatic N) is 4. The number of hydrogen-bond donors (Lipinski definition) is 0. The van der Waals surface area contributed by atoms with E-state index < -0.39 is 6.98 Å². The van der Waals surface area contributed by atoms with Gasteiger partial charge in [-0.05, 0) is 123 Å². The fourth-order valence-electron chi connectivity index (χ4n) is 9.89. The van der Waals surface area contributed by atoms with Crippen molar-refractivity contribution in [3.05, 3.63) is 144 Å². The van der Waals surface area contributed by atoms with Crippen molar-refractivity contribution < 1.29 is 13.4 Å². The molecule has 0 atom stereocenters. The first-order valence-electron chi connectivity index (χ1n) is 22.3. The molecule has 2 aliphatic carbocycles. The molecule has 0 N–H and O–H groups in total. The molecule has 292 valence electrons. The van der Waals surface area contributed by atoms with E-state index in [1.165, 1.54) is 50.8 Å². The Morgan fingerprint density at radius 2 is 1.26 bits per heavy atom. The van der Waals surface area contributed by atoms with Gasteiger partial charge in [0.05, 0.1) is 38.8 Å². The number of aryl methyl sites for hydroxylation is 1. The van der Waals surface area contributed by atoms with Gasteiger partial charge in [-0.2, -0.15) is 0 Å². The SMILES string of the molecule is [2H]C([2H])([2H])[n+]1[c-]n(-c2cccc(Oc3ccc4c5cc(-c6ccc7c(c6)C(C)(C)CCC7(C)C)ccc5n(-c5cc6c(cn5)C(C)(C)CCC6(C)C)c4c3)c2)c2ccccc21.